The molecule has 4 amide bonds. The van der Waals surface area contributed by atoms with Crippen molar-refractivity contribution < 1.29 is 18.8 Å². The maximum atomic E-state index is 13.1. The summed E-state index contributed by atoms with van der Waals surface area (Å²) in [7, 11) is 0. The zero-order valence-electron chi connectivity index (χ0n) is 14.2. The van der Waals surface area contributed by atoms with E-state index in [1.54, 1.807) is 0 Å². The van der Waals surface area contributed by atoms with Crippen molar-refractivity contribution in [2.75, 3.05) is 11.9 Å². The molecule has 1 heterocycles. The molecule has 136 valence electrons. The summed E-state index contributed by atoms with van der Waals surface area (Å²) in [6.07, 6.45) is 2.52. The summed E-state index contributed by atoms with van der Waals surface area (Å²) in [6, 6.07) is 3.17. The molecular weight excluding hydrogens is 349 g/mol. The lowest BCUT2D eigenvalue weighted by Gasteiger charge is -2.25. The molecule has 1 aliphatic rings. The zero-order chi connectivity index (χ0) is 18.6. The Bertz CT molecular complexity index is 690. The number of carbonyl (C=O) groups is 3. The van der Waals surface area contributed by atoms with Gasteiger partial charge in [0.15, 0.2) is 0 Å². The van der Waals surface area contributed by atoms with E-state index in [0.29, 0.717) is 12.8 Å². The van der Waals surface area contributed by atoms with Gasteiger partial charge in [0.05, 0.1) is 5.02 Å². The molecule has 1 fully saturated rings. The van der Waals surface area contributed by atoms with Gasteiger partial charge in [-0.25, -0.2) is 9.18 Å². The summed E-state index contributed by atoms with van der Waals surface area (Å²) in [4.78, 5) is 38.0. The molecule has 6 nitrogen and oxygen atoms in total. The second-order valence-corrected chi connectivity index (χ2v) is 6.49. The Morgan fingerprint density at radius 3 is 2.48 bits per heavy atom. The number of imide groups is 1. The average Bonchev–Trinajstić information content (AvgIpc) is 2.76. The van der Waals surface area contributed by atoms with Crippen LogP contribution >= 0.6 is 11.6 Å². The smallest absolute Gasteiger partial charge is 0.324 e. The third-order valence-corrected chi connectivity index (χ3v) is 4.39. The molecule has 8 heteroatoms. The van der Waals surface area contributed by atoms with E-state index in [1.807, 2.05) is 13.8 Å². The molecule has 0 radical (unpaired) electrons. The fraction of sp³-hybridized carbons (Fsp3) is 0.471. The Labute approximate surface area is 150 Å². The van der Waals surface area contributed by atoms with Gasteiger partial charge in [-0.3, -0.25) is 14.5 Å². The van der Waals surface area contributed by atoms with E-state index < -0.39 is 29.8 Å². The highest BCUT2D eigenvalue weighted by molar-refractivity contribution is 6.31. The summed E-state index contributed by atoms with van der Waals surface area (Å²) in [6.45, 7) is 3.46. The number of hydrogen-bond donors (Lipinski definition) is 2. The molecular formula is C17H21ClFN3O3. The number of amides is 4. The predicted molar refractivity (Wildman–Crippen MR) is 92.8 cm³/mol. The molecule has 0 unspecified atom stereocenters. The van der Waals surface area contributed by atoms with Gasteiger partial charge < -0.3 is 10.6 Å². The molecule has 1 aromatic carbocycles. The van der Waals surface area contributed by atoms with Crippen molar-refractivity contribution in [3.05, 3.63) is 29.0 Å². The first-order valence-corrected chi connectivity index (χ1v) is 8.59. The van der Waals surface area contributed by atoms with Crippen molar-refractivity contribution in [2.24, 2.45) is 0 Å². The maximum Gasteiger partial charge on any atom is 0.325 e. The van der Waals surface area contributed by atoms with Gasteiger partial charge in [0.25, 0.3) is 5.91 Å². The third kappa shape index (κ3) is 4.10. The summed E-state index contributed by atoms with van der Waals surface area (Å²) in [5.74, 6) is -1.54. The number of rotatable bonds is 7. The average molecular weight is 370 g/mol. The Kier molecular flexibility index (Phi) is 6.00. The predicted octanol–water partition coefficient (Wildman–Crippen LogP) is 3.31. The number of nitrogens with one attached hydrogen (secondary N) is 2. The first-order valence-electron chi connectivity index (χ1n) is 8.22. The zero-order valence-corrected chi connectivity index (χ0v) is 15.0. The molecule has 2 rings (SSSR count). The fourth-order valence-corrected chi connectivity index (χ4v) is 3.24. The molecule has 1 aliphatic heterocycles. The lowest BCUT2D eigenvalue weighted by Crippen LogP contribution is -2.47. The normalized spacial score (nSPS) is 16.1. The van der Waals surface area contributed by atoms with Crippen LogP contribution in [0.1, 0.15) is 39.5 Å². The number of hydrogen-bond acceptors (Lipinski definition) is 3. The molecule has 0 bridgehead atoms. The molecule has 0 atom stereocenters. The van der Waals surface area contributed by atoms with Gasteiger partial charge in [-0.05, 0) is 31.0 Å². The third-order valence-electron chi connectivity index (χ3n) is 4.10. The largest absolute Gasteiger partial charge is 0.325 e. The van der Waals surface area contributed by atoms with E-state index in [1.165, 1.54) is 12.1 Å². The molecule has 0 aliphatic carbocycles. The standard InChI is InChI=1S/C17H21ClFN3O3/c1-3-7-17(8-4-2)15(24)22(16(25)21-17)10-14(23)20-11-5-6-13(19)12(18)9-11/h5-6,9H,3-4,7-8,10H2,1-2H3,(H,20,23)(H,21,25). The van der Waals surface area contributed by atoms with Crippen LogP contribution < -0.4 is 10.6 Å². The summed E-state index contributed by atoms with van der Waals surface area (Å²) >= 11 is 5.67. The van der Waals surface area contributed by atoms with E-state index in [-0.39, 0.29) is 16.6 Å². The second kappa shape index (κ2) is 7.82. The Morgan fingerprint density at radius 2 is 1.92 bits per heavy atom. The van der Waals surface area contributed by atoms with Crippen LogP contribution in [0.2, 0.25) is 5.02 Å². The molecule has 0 saturated carbocycles. The Balaban J connectivity index is 2.08. The van der Waals surface area contributed by atoms with Crippen LogP contribution in [-0.4, -0.2) is 34.8 Å². The van der Waals surface area contributed by atoms with Gasteiger partial charge in [0, 0.05) is 5.69 Å². The van der Waals surface area contributed by atoms with E-state index in [4.69, 9.17) is 11.6 Å². The minimum atomic E-state index is -0.931. The van der Waals surface area contributed by atoms with Gasteiger partial charge >= 0.3 is 6.03 Å². The fourth-order valence-electron chi connectivity index (χ4n) is 3.06. The van der Waals surface area contributed by atoms with E-state index in [2.05, 4.69) is 10.6 Å². The van der Waals surface area contributed by atoms with Crippen molar-refractivity contribution in [2.45, 2.75) is 45.1 Å². The molecule has 1 aromatic rings. The van der Waals surface area contributed by atoms with Crippen LogP contribution in [0, 0.1) is 5.82 Å². The molecule has 2 N–H and O–H groups in total. The second-order valence-electron chi connectivity index (χ2n) is 6.08. The summed E-state index contributed by atoms with van der Waals surface area (Å²) < 4.78 is 13.1. The van der Waals surface area contributed by atoms with Gasteiger partial charge in [-0.15, -0.1) is 0 Å². The van der Waals surface area contributed by atoms with Gasteiger partial charge in [-0.1, -0.05) is 38.3 Å². The number of benzene rings is 1. The first-order chi connectivity index (χ1) is 11.8. The number of halogens is 2. The van der Waals surface area contributed by atoms with Crippen molar-refractivity contribution in [3.8, 4) is 0 Å². The van der Waals surface area contributed by atoms with Gasteiger partial charge in [0.2, 0.25) is 5.91 Å². The van der Waals surface area contributed by atoms with Crippen molar-refractivity contribution in [1.82, 2.24) is 10.2 Å². The van der Waals surface area contributed by atoms with E-state index >= 15 is 0 Å². The van der Waals surface area contributed by atoms with Crippen molar-refractivity contribution in [3.63, 3.8) is 0 Å². The highest BCUT2D eigenvalue weighted by Gasteiger charge is 2.50. The van der Waals surface area contributed by atoms with Crippen LogP contribution in [-0.2, 0) is 9.59 Å². The minimum absolute atomic E-state index is 0.127. The molecule has 0 spiro atoms. The van der Waals surface area contributed by atoms with Crippen LogP contribution in [0.25, 0.3) is 0 Å². The Morgan fingerprint density at radius 1 is 1.28 bits per heavy atom. The van der Waals surface area contributed by atoms with Crippen molar-refractivity contribution >= 4 is 35.1 Å². The van der Waals surface area contributed by atoms with Gasteiger partial charge in [-0.2, -0.15) is 0 Å². The van der Waals surface area contributed by atoms with Crippen LogP contribution in [0.4, 0.5) is 14.9 Å². The van der Waals surface area contributed by atoms with Crippen molar-refractivity contribution in [1.29, 1.82) is 0 Å². The summed E-state index contributed by atoms with van der Waals surface area (Å²) in [5.41, 5.74) is -0.642. The van der Waals surface area contributed by atoms with Gasteiger partial charge in [0.1, 0.15) is 17.9 Å². The highest BCUT2D eigenvalue weighted by atomic mass is 35.5. The number of urea groups is 1. The molecule has 0 aromatic heterocycles. The maximum absolute atomic E-state index is 13.1. The first kappa shape index (κ1) is 19.2. The van der Waals surface area contributed by atoms with Crippen LogP contribution in [0.15, 0.2) is 18.2 Å². The lowest BCUT2D eigenvalue weighted by molar-refractivity contribution is -0.134. The monoisotopic (exact) mass is 369 g/mol. The Hall–Kier alpha value is -2.15. The van der Waals surface area contributed by atoms with Crippen LogP contribution in [0.3, 0.4) is 0 Å². The topological polar surface area (TPSA) is 78.5 Å². The molecule has 1 saturated heterocycles. The number of anilines is 1. The van der Waals surface area contributed by atoms with Crippen LogP contribution in [0.5, 0.6) is 0 Å². The minimum Gasteiger partial charge on any atom is -0.324 e. The molecule has 25 heavy (non-hydrogen) atoms. The lowest BCUT2D eigenvalue weighted by atomic mass is 9.88. The number of nitrogens with zero attached hydrogens (tertiary/aromatic N) is 1. The van der Waals surface area contributed by atoms with E-state index in [9.17, 15) is 18.8 Å². The quantitative estimate of drug-likeness (QED) is 0.724. The summed E-state index contributed by atoms with van der Waals surface area (Å²) in [5, 5.41) is 5.12. The van der Waals surface area contributed by atoms with E-state index in [0.717, 1.165) is 23.8 Å². The SMILES string of the molecule is CCCC1(CCC)NC(=O)N(CC(=O)Nc2ccc(F)c(Cl)c2)C1=O. The highest BCUT2D eigenvalue weighted by Crippen LogP contribution is 2.28. The number of carbonyl (C=O) groups excluding carboxylic acids is 3.